The van der Waals surface area contributed by atoms with Gasteiger partial charge in [-0.3, -0.25) is 0 Å². The first-order valence-corrected chi connectivity index (χ1v) is 4.88. The number of aliphatic hydroxyl groups is 1. The van der Waals surface area contributed by atoms with Crippen LogP contribution in [0.25, 0.3) is 0 Å². The van der Waals surface area contributed by atoms with Crippen LogP contribution in [0.1, 0.15) is 5.56 Å². The highest BCUT2D eigenvalue weighted by Crippen LogP contribution is 2.33. The molecule has 1 rings (SSSR count). The first-order chi connectivity index (χ1) is 7.95. The van der Waals surface area contributed by atoms with Crippen molar-refractivity contribution in [2.45, 2.75) is 12.3 Å². The number of ether oxygens (including phenoxy) is 1. The lowest BCUT2D eigenvalue weighted by atomic mass is 10.2. The first kappa shape index (κ1) is 13.7. The van der Waals surface area contributed by atoms with Crippen LogP contribution in [0.15, 0.2) is 18.3 Å². The second kappa shape index (κ2) is 5.83. The molecule has 0 radical (unpaired) electrons. The number of anilines is 1. The van der Waals surface area contributed by atoms with Crippen molar-refractivity contribution in [3.63, 3.8) is 0 Å². The fourth-order valence-electron chi connectivity index (χ4n) is 1.24. The van der Waals surface area contributed by atoms with Gasteiger partial charge in [0.1, 0.15) is 5.82 Å². The number of rotatable bonds is 5. The number of alkyl halides is 3. The number of hydrogen-bond donors (Lipinski definition) is 2. The molecule has 0 fully saturated rings. The van der Waals surface area contributed by atoms with E-state index in [4.69, 9.17) is 0 Å². The van der Waals surface area contributed by atoms with Crippen molar-refractivity contribution in [2.75, 3.05) is 25.6 Å². The van der Waals surface area contributed by atoms with E-state index in [1.807, 2.05) is 0 Å². The van der Waals surface area contributed by atoms with Gasteiger partial charge in [0.05, 0.1) is 18.3 Å². The van der Waals surface area contributed by atoms with Crippen LogP contribution in [0.5, 0.6) is 0 Å². The average molecular weight is 250 g/mol. The van der Waals surface area contributed by atoms with Gasteiger partial charge in [0.15, 0.2) is 0 Å². The summed E-state index contributed by atoms with van der Waals surface area (Å²) in [5.41, 5.74) is -0.857. The number of aliphatic hydroxyl groups excluding tert-OH is 1. The van der Waals surface area contributed by atoms with Crippen LogP contribution < -0.4 is 5.32 Å². The third-order valence-corrected chi connectivity index (χ3v) is 1.98. The molecular weight excluding hydrogens is 237 g/mol. The molecule has 4 nitrogen and oxygen atoms in total. The maximum atomic E-state index is 12.6. The molecule has 1 unspecified atom stereocenters. The Morgan fingerprint density at radius 2 is 2.24 bits per heavy atom. The van der Waals surface area contributed by atoms with Crippen molar-refractivity contribution >= 4 is 5.82 Å². The summed E-state index contributed by atoms with van der Waals surface area (Å²) >= 11 is 0. The first-order valence-electron chi connectivity index (χ1n) is 4.88. The zero-order chi connectivity index (χ0) is 12.9. The van der Waals surface area contributed by atoms with Crippen LogP contribution in [-0.4, -0.2) is 36.5 Å². The normalized spacial score (nSPS) is 13.5. The minimum Gasteiger partial charge on any atom is -0.389 e. The Morgan fingerprint density at radius 3 is 2.82 bits per heavy atom. The number of halogens is 3. The highest BCUT2D eigenvalue weighted by molar-refractivity contribution is 5.45. The summed E-state index contributed by atoms with van der Waals surface area (Å²) in [5, 5.41) is 11.8. The quantitative estimate of drug-likeness (QED) is 0.832. The molecule has 0 bridgehead atoms. The monoisotopic (exact) mass is 250 g/mol. The number of aromatic nitrogens is 1. The van der Waals surface area contributed by atoms with E-state index in [2.05, 4.69) is 15.0 Å². The summed E-state index contributed by atoms with van der Waals surface area (Å²) in [5.74, 6) is -0.296. The molecule has 0 aliphatic heterocycles. The Hall–Kier alpha value is -1.34. The second-order valence-corrected chi connectivity index (χ2v) is 3.39. The topological polar surface area (TPSA) is 54.4 Å². The molecule has 0 aromatic carbocycles. The smallest absolute Gasteiger partial charge is 0.389 e. The van der Waals surface area contributed by atoms with Gasteiger partial charge < -0.3 is 15.2 Å². The number of methoxy groups -OCH3 is 1. The molecule has 2 N–H and O–H groups in total. The maximum absolute atomic E-state index is 12.6. The minimum absolute atomic E-state index is 0.0428. The minimum atomic E-state index is -4.47. The van der Waals surface area contributed by atoms with Crippen molar-refractivity contribution in [2.24, 2.45) is 0 Å². The lowest BCUT2D eigenvalue weighted by Crippen LogP contribution is -2.25. The predicted molar refractivity (Wildman–Crippen MR) is 55.6 cm³/mol. The third-order valence-electron chi connectivity index (χ3n) is 1.98. The third kappa shape index (κ3) is 4.20. The molecule has 1 heterocycles. The van der Waals surface area contributed by atoms with E-state index in [-0.39, 0.29) is 19.0 Å². The van der Waals surface area contributed by atoms with Crippen molar-refractivity contribution < 1.29 is 23.0 Å². The van der Waals surface area contributed by atoms with Gasteiger partial charge in [-0.1, -0.05) is 0 Å². The Kier molecular flexibility index (Phi) is 4.71. The number of hydrogen-bond acceptors (Lipinski definition) is 4. The summed E-state index contributed by atoms with van der Waals surface area (Å²) in [7, 11) is 1.39. The van der Waals surface area contributed by atoms with Crippen LogP contribution in [0.2, 0.25) is 0 Å². The van der Waals surface area contributed by atoms with Crippen LogP contribution in [-0.2, 0) is 10.9 Å². The number of nitrogens with zero attached hydrogens (tertiary/aromatic N) is 1. The predicted octanol–water partition coefficient (Wildman–Crippen LogP) is 1.52. The van der Waals surface area contributed by atoms with Gasteiger partial charge in [-0.05, 0) is 12.1 Å². The summed E-state index contributed by atoms with van der Waals surface area (Å²) in [6.45, 7) is -0.0187. The summed E-state index contributed by atoms with van der Waals surface area (Å²) < 4.78 is 42.3. The zero-order valence-electron chi connectivity index (χ0n) is 9.16. The Labute approximate surface area is 96.4 Å². The molecule has 7 heteroatoms. The highest BCUT2D eigenvalue weighted by Gasteiger charge is 2.34. The molecule has 96 valence electrons. The van der Waals surface area contributed by atoms with Crippen LogP contribution in [0, 0.1) is 0 Å². The molecule has 1 aromatic heterocycles. The summed E-state index contributed by atoms with van der Waals surface area (Å²) in [6, 6.07) is 2.14. The molecule has 1 aromatic rings. The second-order valence-electron chi connectivity index (χ2n) is 3.39. The highest BCUT2D eigenvalue weighted by atomic mass is 19.4. The van der Waals surface area contributed by atoms with Gasteiger partial charge in [0, 0.05) is 19.9 Å². The Bertz CT molecular complexity index is 358. The van der Waals surface area contributed by atoms with E-state index < -0.39 is 17.8 Å². The molecular formula is C10H13F3N2O2. The van der Waals surface area contributed by atoms with Gasteiger partial charge in [-0.15, -0.1) is 0 Å². The lowest BCUT2D eigenvalue weighted by Gasteiger charge is -2.15. The largest absolute Gasteiger partial charge is 0.419 e. The van der Waals surface area contributed by atoms with Gasteiger partial charge in [-0.25, -0.2) is 4.98 Å². The fraction of sp³-hybridized carbons (Fsp3) is 0.500. The van der Waals surface area contributed by atoms with Crippen molar-refractivity contribution in [3.05, 3.63) is 23.9 Å². The average Bonchev–Trinajstić information content (AvgIpc) is 2.26. The molecule has 0 aliphatic carbocycles. The van der Waals surface area contributed by atoms with Crippen LogP contribution in [0.3, 0.4) is 0 Å². The van der Waals surface area contributed by atoms with Crippen molar-refractivity contribution in [1.29, 1.82) is 0 Å². The van der Waals surface area contributed by atoms with E-state index in [1.165, 1.54) is 19.4 Å². The van der Waals surface area contributed by atoms with Crippen LogP contribution in [0.4, 0.5) is 19.0 Å². The van der Waals surface area contributed by atoms with Gasteiger partial charge in [0.2, 0.25) is 0 Å². The molecule has 0 amide bonds. The van der Waals surface area contributed by atoms with E-state index in [0.29, 0.717) is 0 Å². The fourth-order valence-corrected chi connectivity index (χ4v) is 1.24. The van der Waals surface area contributed by atoms with Gasteiger partial charge in [0.25, 0.3) is 0 Å². The van der Waals surface area contributed by atoms with Crippen molar-refractivity contribution in [1.82, 2.24) is 4.98 Å². The molecule has 0 aliphatic rings. The zero-order valence-corrected chi connectivity index (χ0v) is 9.16. The van der Waals surface area contributed by atoms with Crippen molar-refractivity contribution in [3.8, 4) is 0 Å². The molecule has 0 saturated carbocycles. The molecule has 17 heavy (non-hydrogen) atoms. The molecule has 1 atom stereocenters. The van der Waals surface area contributed by atoms with Gasteiger partial charge in [-0.2, -0.15) is 13.2 Å². The van der Waals surface area contributed by atoms with Gasteiger partial charge >= 0.3 is 6.18 Å². The summed E-state index contributed by atoms with van der Waals surface area (Å²) in [4.78, 5) is 3.59. The van der Waals surface area contributed by atoms with E-state index in [9.17, 15) is 18.3 Å². The lowest BCUT2D eigenvalue weighted by molar-refractivity contribution is -0.137. The number of pyridine rings is 1. The maximum Gasteiger partial charge on any atom is 0.419 e. The molecule has 0 spiro atoms. The van der Waals surface area contributed by atoms with E-state index >= 15 is 0 Å². The van der Waals surface area contributed by atoms with E-state index in [1.54, 1.807) is 0 Å². The Balaban J connectivity index is 2.71. The Morgan fingerprint density at radius 1 is 1.53 bits per heavy atom. The SMILES string of the molecule is COCC(O)CNc1ncccc1C(F)(F)F. The van der Waals surface area contributed by atoms with E-state index in [0.717, 1.165) is 6.07 Å². The summed E-state index contributed by atoms with van der Waals surface area (Å²) in [6.07, 6.45) is -4.11. The number of nitrogens with one attached hydrogen (secondary N) is 1. The molecule has 0 saturated heterocycles. The standard InChI is InChI=1S/C10H13F3N2O2/c1-17-6-7(16)5-15-9-8(10(11,12)13)3-2-4-14-9/h2-4,7,16H,5-6H2,1H3,(H,14,15). The van der Waals surface area contributed by atoms with Crippen LogP contribution >= 0.6 is 0 Å².